The lowest BCUT2D eigenvalue weighted by atomic mass is 9.89. The molecule has 23 heavy (non-hydrogen) atoms. The summed E-state index contributed by atoms with van der Waals surface area (Å²) in [5.74, 6) is 0.716. The molecule has 0 unspecified atom stereocenters. The van der Waals surface area contributed by atoms with E-state index in [1.54, 1.807) is 0 Å². The van der Waals surface area contributed by atoms with Gasteiger partial charge >= 0.3 is 0 Å². The Kier molecular flexibility index (Phi) is 5.35. The van der Waals surface area contributed by atoms with Gasteiger partial charge < -0.3 is 10.2 Å². The fraction of sp³-hybridized carbons (Fsp3) is 0.429. The molecule has 2 heteroatoms. The second kappa shape index (κ2) is 7.65. The van der Waals surface area contributed by atoms with Crippen LogP contribution in [0, 0.1) is 0 Å². The first kappa shape index (κ1) is 16.1. The zero-order valence-corrected chi connectivity index (χ0v) is 14.3. The van der Waals surface area contributed by atoms with Crippen molar-refractivity contribution in [3.05, 3.63) is 65.7 Å². The van der Waals surface area contributed by atoms with Crippen LogP contribution < -0.4 is 10.2 Å². The number of para-hydroxylation sites is 1. The van der Waals surface area contributed by atoms with Gasteiger partial charge in [0.25, 0.3) is 0 Å². The number of nitrogens with zero attached hydrogens (tertiary/aromatic N) is 1. The molecule has 0 aromatic heterocycles. The summed E-state index contributed by atoms with van der Waals surface area (Å²) in [5, 5.41) is 3.55. The van der Waals surface area contributed by atoms with Crippen LogP contribution in [0.4, 0.5) is 5.69 Å². The molecule has 2 aromatic carbocycles. The Labute approximate surface area is 140 Å². The van der Waals surface area contributed by atoms with E-state index < -0.39 is 0 Å². The van der Waals surface area contributed by atoms with Crippen LogP contribution in [0.15, 0.2) is 54.6 Å². The molecule has 1 aliphatic heterocycles. The molecule has 0 amide bonds. The first-order chi connectivity index (χ1) is 11.2. The van der Waals surface area contributed by atoms with E-state index >= 15 is 0 Å². The van der Waals surface area contributed by atoms with Crippen molar-refractivity contribution >= 4 is 5.69 Å². The molecule has 1 N–H and O–H groups in total. The van der Waals surface area contributed by atoms with Gasteiger partial charge in [-0.3, -0.25) is 0 Å². The fourth-order valence-electron chi connectivity index (χ4n) is 3.46. The molecule has 0 spiro atoms. The van der Waals surface area contributed by atoms with Crippen LogP contribution in [0.5, 0.6) is 0 Å². The van der Waals surface area contributed by atoms with Crippen LogP contribution >= 0.6 is 0 Å². The molecule has 1 aliphatic rings. The number of nitrogens with one attached hydrogen (secondary N) is 1. The summed E-state index contributed by atoms with van der Waals surface area (Å²) in [6.07, 6.45) is 2.49. The summed E-state index contributed by atoms with van der Waals surface area (Å²) in [5.41, 5.74) is 4.33. The summed E-state index contributed by atoms with van der Waals surface area (Å²) in [7, 11) is 0. The Morgan fingerprint density at radius 2 is 1.61 bits per heavy atom. The Morgan fingerprint density at radius 1 is 0.957 bits per heavy atom. The number of rotatable bonds is 5. The molecule has 1 saturated heterocycles. The average Bonchev–Trinajstić information content (AvgIpc) is 2.61. The smallest absolute Gasteiger partial charge is 0.0411 e. The van der Waals surface area contributed by atoms with Gasteiger partial charge in [0.05, 0.1) is 0 Å². The first-order valence-corrected chi connectivity index (χ1v) is 8.85. The molecule has 0 atom stereocenters. The highest BCUT2D eigenvalue weighted by Gasteiger charge is 2.21. The number of hydrogen-bond acceptors (Lipinski definition) is 2. The molecular weight excluding hydrogens is 280 g/mol. The SMILES string of the molecule is CC(C)NCc1ccccc1N1CCC(c2ccccc2)CC1. The molecule has 1 heterocycles. The fourth-order valence-corrected chi connectivity index (χ4v) is 3.46. The van der Waals surface area contributed by atoms with Crippen molar-refractivity contribution in [2.75, 3.05) is 18.0 Å². The lowest BCUT2D eigenvalue weighted by molar-refractivity contribution is 0.503. The molecule has 3 rings (SSSR count). The van der Waals surface area contributed by atoms with E-state index in [0.29, 0.717) is 12.0 Å². The molecule has 0 radical (unpaired) electrons. The van der Waals surface area contributed by atoms with Gasteiger partial charge in [-0.1, -0.05) is 62.4 Å². The van der Waals surface area contributed by atoms with Gasteiger partial charge in [-0.05, 0) is 36.0 Å². The van der Waals surface area contributed by atoms with Gasteiger partial charge in [-0.2, -0.15) is 0 Å². The number of benzene rings is 2. The van der Waals surface area contributed by atoms with Crippen LogP contribution in [0.25, 0.3) is 0 Å². The lowest BCUT2D eigenvalue weighted by Crippen LogP contribution is -2.34. The second-order valence-corrected chi connectivity index (χ2v) is 6.84. The Hall–Kier alpha value is -1.80. The van der Waals surface area contributed by atoms with Crippen molar-refractivity contribution in [3.63, 3.8) is 0 Å². The van der Waals surface area contributed by atoms with Gasteiger partial charge in [0.1, 0.15) is 0 Å². The first-order valence-electron chi connectivity index (χ1n) is 8.85. The van der Waals surface area contributed by atoms with Crippen LogP contribution in [0.2, 0.25) is 0 Å². The van der Waals surface area contributed by atoms with Gasteiger partial charge in [-0.25, -0.2) is 0 Å². The summed E-state index contributed by atoms with van der Waals surface area (Å²) < 4.78 is 0. The van der Waals surface area contributed by atoms with Crippen molar-refractivity contribution in [1.29, 1.82) is 0 Å². The Balaban J connectivity index is 1.66. The van der Waals surface area contributed by atoms with E-state index in [1.165, 1.54) is 29.7 Å². The van der Waals surface area contributed by atoms with E-state index in [1.807, 2.05) is 0 Å². The second-order valence-electron chi connectivity index (χ2n) is 6.84. The Morgan fingerprint density at radius 3 is 2.30 bits per heavy atom. The molecule has 122 valence electrons. The maximum Gasteiger partial charge on any atom is 0.0411 e. The van der Waals surface area contributed by atoms with Gasteiger partial charge in [0, 0.05) is 31.4 Å². The number of piperidine rings is 1. The van der Waals surface area contributed by atoms with Crippen LogP contribution in [-0.4, -0.2) is 19.1 Å². The van der Waals surface area contributed by atoms with E-state index in [-0.39, 0.29) is 0 Å². The zero-order chi connectivity index (χ0) is 16.1. The molecule has 0 saturated carbocycles. The number of hydrogen-bond donors (Lipinski definition) is 1. The highest BCUT2D eigenvalue weighted by atomic mass is 15.1. The maximum atomic E-state index is 3.55. The van der Waals surface area contributed by atoms with Gasteiger partial charge in [0.15, 0.2) is 0 Å². The third-order valence-electron chi connectivity index (χ3n) is 4.80. The van der Waals surface area contributed by atoms with E-state index in [2.05, 4.69) is 78.7 Å². The standard InChI is InChI=1S/C21H28N2/c1-17(2)22-16-20-10-6-7-11-21(20)23-14-12-19(13-15-23)18-8-4-3-5-9-18/h3-11,17,19,22H,12-16H2,1-2H3. The van der Waals surface area contributed by atoms with E-state index in [4.69, 9.17) is 0 Å². The minimum atomic E-state index is 0.520. The lowest BCUT2D eigenvalue weighted by Gasteiger charge is -2.35. The van der Waals surface area contributed by atoms with Gasteiger partial charge in [-0.15, -0.1) is 0 Å². The van der Waals surface area contributed by atoms with Gasteiger partial charge in [0.2, 0.25) is 0 Å². The normalized spacial score (nSPS) is 16.0. The molecule has 1 fully saturated rings. The predicted octanol–water partition coefficient (Wildman–Crippen LogP) is 4.57. The minimum Gasteiger partial charge on any atom is -0.371 e. The van der Waals surface area contributed by atoms with Crippen molar-refractivity contribution < 1.29 is 0 Å². The molecule has 0 bridgehead atoms. The van der Waals surface area contributed by atoms with Crippen LogP contribution in [-0.2, 0) is 6.54 Å². The predicted molar refractivity (Wildman–Crippen MR) is 99.0 cm³/mol. The van der Waals surface area contributed by atoms with Crippen molar-refractivity contribution in [2.24, 2.45) is 0 Å². The topological polar surface area (TPSA) is 15.3 Å². The molecule has 2 aromatic rings. The van der Waals surface area contributed by atoms with Crippen molar-refractivity contribution in [2.45, 2.75) is 45.2 Å². The molecular formula is C21H28N2. The monoisotopic (exact) mass is 308 g/mol. The van der Waals surface area contributed by atoms with Crippen LogP contribution in [0.1, 0.15) is 43.7 Å². The largest absolute Gasteiger partial charge is 0.371 e. The molecule has 2 nitrogen and oxygen atoms in total. The summed E-state index contributed by atoms with van der Waals surface area (Å²) in [4.78, 5) is 2.57. The third-order valence-corrected chi connectivity index (χ3v) is 4.80. The summed E-state index contributed by atoms with van der Waals surface area (Å²) in [6.45, 7) is 7.66. The zero-order valence-electron chi connectivity index (χ0n) is 14.3. The van der Waals surface area contributed by atoms with E-state index in [0.717, 1.165) is 19.6 Å². The van der Waals surface area contributed by atoms with Crippen molar-refractivity contribution in [1.82, 2.24) is 5.32 Å². The minimum absolute atomic E-state index is 0.520. The summed E-state index contributed by atoms with van der Waals surface area (Å²) >= 11 is 0. The maximum absolute atomic E-state index is 3.55. The Bertz CT molecular complexity index is 598. The number of anilines is 1. The van der Waals surface area contributed by atoms with Crippen LogP contribution in [0.3, 0.4) is 0 Å². The summed E-state index contributed by atoms with van der Waals surface area (Å²) in [6, 6.07) is 20.4. The van der Waals surface area contributed by atoms with E-state index in [9.17, 15) is 0 Å². The molecule has 0 aliphatic carbocycles. The highest BCUT2D eigenvalue weighted by Crippen LogP contribution is 2.31. The average molecular weight is 308 g/mol. The highest BCUT2D eigenvalue weighted by molar-refractivity contribution is 5.54. The quantitative estimate of drug-likeness (QED) is 0.870. The van der Waals surface area contributed by atoms with Crippen molar-refractivity contribution in [3.8, 4) is 0 Å². The third kappa shape index (κ3) is 4.14.